The fourth-order valence-electron chi connectivity index (χ4n) is 0.928. The fraction of sp³-hybridized carbons (Fsp3) is 0.111. The molecule has 0 aliphatic rings. The van der Waals surface area contributed by atoms with Crippen LogP contribution in [0.3, 0.4) is 0 Å². The predicted molar refractivity (Wildman–Crippen MR) is 61.4 cm³/mol. The summed E-state index contributed by atoms with van der Waals surface area (Å²) in [5, 5.41) is 9.44. The molecule has 0 N–H and O–H groups in total. The zero-order valence-electron chi connectivity index (χ0n) is 6.57. The second kappa shape index (κ2) is 4.61. The number of hydrogen-bond acceptors (Lipinski definition) is 2. The quantitative estimate of drug-likeness (QED) is 0.620. The van der Waals surface area contributed by atoms with E-state index in [1.54, 1.807) is 24.3 Å². The Morgan fingerprint density at radius 1 is 1.46 bits per heavy atom. The van der Waals surface area contributed by atoms with Gasteiger partial charge in [-0.05, 0) is 17.7 Å². The highest BCUT2D eigenvalue weighted by Gasteiger charge is 2.12. The van der Waals surface area contributed by atoms with Gasteiger partial charge in [0.25, 0.3) is 0 Å². The van der Waals surface area contributed by atoms with E-state index < -0.39 is 5.92 Å². The minimum atomic E-state index is -0.435. The first-order chi connectivity index (χ1) is 6.15. The summed E-state index contributed by atoms with van der Waals surface area (Å²) in [5.41, 5.74) is 0.826. The third-order valence-electron chi connectivity index (χ3n) is 1.58. The van der Waals surface area contributed by atoms with Gasteiger partial charge in [-0.3, -0.25) is 0 Å². The van der Waals surface area contributed by atoms with Gasteiger partial charge < -0.3 is 0 Å². The van der Waals surface area contributed by atoms with Gasteiger partial charge in [-0.25, -0.2) is 0 Å². The summed E-state index contributed by atoms with van der Waals surface area (Å²) in [6.07, 6.45) is 0. The number of thiocarbonyl (C=S) groups is 1. The SMILES string of the molecule is N#CC(C(=S)S)c1ccc(Cl)cc1. The van der Waals surface area contributed by atoms with E-state index in [0.717, 1.165) is 5.56 Å². The predicted octanol–water partition coefficient (Wildman–Crippen LogP) is 3.20. The summed E-state index contributed by atoms with van der Waals surface area (Å²) in [4.78, 5) is 0. The lowest BCUT2D eigenvalue weighted by molar-refractivity contribution is 1.18. The largest absolute Gasteiger partial charge is 0.197 e. The van der Waals surface area contributed by atoms with Crippen molar-refractivity contribution in [3.05, 3.63) is 34.9 Å². The van der Waals surface area contributed by atoms with Crippen molar-refractivity contribution < 1.29 is 0 Å². The normalized spacial score (nSPS) is 11.8. The molecule has 0 amide bonds. The van der Waals surface area contributed by atoms with Crippen LogP contribution in [0.5, 0.6) is 0 Å². The lowest BCUT2D eigenvalue weighted by Crippen LogP contribution is -2.01. The lowest BCUT2D eigenvalue weighted by atomic mass is 10.0. The highest BCUT2D eigenvalue weighted by Crippen LogP contribution is 2.20. The summed E-state index contributed by atoms with van der Waals surface area (Å²) in [6.45, 7) is 0. The standard InChI is InChI=1S/C9H6ClNS2/c10-7-3-1-6(2-4-7)8(5-11)9(12)13/h1-4,8H,(H,12,13). The number of halogens is 1. The number of hydrogen-bond donors (Lipinski definition) is 1. The van der Waals surface area contributed by atoms with Gasteiger partial charge in [0.1, 0.15) is 5.92 Å². The average molecular weight is 228 g/mol. The molecule has 0 bridgehead atoms. The van der Waals surface area contributed by atoms with E-state index in [0.29, 0.717) is 9.22 Å². The fourth-order valence-corrected chi connectivity index (χ4v) is 1.45. The topological polar surface area (TPSA) is 23.8 Å². The van der Waals surface area contributed by atoms with Gasteiger partial charge in [0.2, 0.25) is 0 Å². The summed E-state index contributed by atoms with van der Waals surface area (Å²) in [5.74, 6) is -0.435. The van der Waals surface area contributed by atoms with Gasteiger partial charge >= 0.3 is 0 Å². The van der Waals surface area contributed by atoms with Crippen LogP contribution in [-0.2, 0) is 0 Å². The molecule has 1 aromatic carbocycles. The monoisotopic (exact) mass is 227 g/mol. The molecular weight excluding hydrogens is 222 g/mol. The maximum absolute atomic E-state index is 8.80. The molecule has 4 heteroatoms. The molecule has 0 saturated heterocycles. The highest BCUT2D eigenvalue weighted by molar-refractivity contribution is 8.11. The molecule has 1 aromatic rings. The number of benzene rings is 1. The van der Waals surface area contributed by atoms with Crippen LogP contribution in [-0.4, -0.2) is 4.20 Å². The van der Waals surface area contributed by atoms with Gasteiger partial charge in [0.15, 0.2) is 0 Å². The first kappa shape index (κ1) is 10.5. The molecule has 1 unspecified atom stereocenters. The van der Waals surface area contributed by atoms with Crippen LogP contribution in [0.4, 0.5) is 0 Å². The molecular formula is C9H6ClNS2. The molecule has 0 aromatic heterocycles. The minimum absolute atomic E-state index is 0.379. The number of nitrogens with zero attached hydrogens (tertiary/aromatic N) is 1. The van der Waals surface area contributed by atoms with Crippen molar-refractivity contribution in [2.75, 3.05) is 0 Å². The zero-order valence-corrected chi connectivity index (χ0v) is 9.03. The van der Waals surface area contributed by atoms with Crippen LogP contribution in [0.15, 0.2) is 24.3 Å². The van der Waals surface area contributed by atoms with E-state index in [-0.39, 0.29) is 0 Å². The molecule has 66 valence electrons. The van der Waals surface area contributed by atoms with Crippen molar-refractivity contribution in [1.82, 2.24) is 0 Å². The third kappa shape index (κ3) is 2.70. The van der Waals surface area contributed by atoms with Gasteiger partial charge in [-0.1, -0.05) is 36.0 Å². The van der Waals surface area contributed by atoms with E-state index in [4.69, 9.17) is 29.1 Å². The third-order valence-corrected chi connectivity index (χ3v) is 2.33. The molecule has 1 atom stereocenters. The van der Waals surface area contributed by atoms with Crippen molar-refractivity contribution in [1.29, 1.82) is 5.26 Å². The molecule has 1 rings (SSSR count). The number of nitriles is 1. The zero-order chi connectivity index (χ0) is 9.84. The van der Waals surface area contributed by atoms with Crippen LogP contribution < -0.4 is 0 Å². The van der Waals surface area contributed by atoms with Crippen molar-refractivity contribution in [3.8, 4) is 6.07 Å². The van der Waals surface area contributed by atoms with Crippen LogP contribution in [0.25, 0.3) is 0 Å². The summed E-state index contributed by atoms with van der Waals surface area (Å²) in [6, 6.07) is 9.09. The summed E-state index contributed by atoms with van der Waals surface area (Å²) >= 11 is 14.5. The molecule has 0 saturated carbocycles. The molecule has 1 nitrogen and oxygen atoms in total. The Morgan fingerprint density at radius 3 is 2.38 bits per heavy atom. The van der Waals surface area contributed by atoms with Gasteiger partial charge in [0, 0.05) is 5.02 Å². The summed E-state index contributed by atoms with van der Waals surface area (Å²) < 4.78 is 0.379. The van der Waals surface area contributed by atoms with Crippen molar-refractivity contribution >= 4 is 40.6 Å². The molecule has 0 fully saturated rings. The van der Waals surface area contributed by atoms with Gasteiger partial charge in [0.05, 0.1) is 10.3 Å². The lowest BCUT2D eigenvalue weighted by Gasteiger charge is -2.05. The number of thiol groups is 1. The molecule has 0 aliphatic heterocycles. The van der Waals surface area contributed by atoms with Crippen LogP contribution in [0.1, 0.15) is 11.5 Å². The Labute approximate surface area is 92.7 Å². The van der Waals surface area contributed by atoms with E-state index >= 15 is 0 Å². The minimum Gasteiger partial charge on any atom is -0.197 e. The Balaban J connectivity index is 3.01. The van der Waals surface area contributed by atoms with Gasteiger partial charge in [-0.15, -0.1) is 12.6 Å². The molecule has 0 radical (unpaired) electrons. The van der Waals surface area contributed by atoms with E-state index in [9.17, 15) is 0 Å². The second-order valence-electron chi connectivity index (χ2n) is 2.45. The first-order valence-electron chi connectivity index (χ1n) is 3.53. The maximum Gasteiger partial charge on any atom is 0.112 e. The molecule has 13 heavy (non-hydrogen) atoms. The Bertz CT molecular complexity index is 353. The van der Waals surface area contributed by atoms with E-state index in [1.807, 2.05) is 0 Å². The maximum atomic E-state index is 8.80. The number of rotatable bonds is 2. The first-order valence-corrected chi connectivity index (χ1v) is 4.76. The highest BCUT2D eigenvalue weighted by atomic mass is 35.5. The van der Waals surface area contributed by atoms with E-state index in [1.165, 1.54) is 0 Å². The smallest absolute Gasteiger partial charge is 0.112 e. The van der Waals surface area contributed by atoms with Crippen LogP contribution >= 0.6 is 36.4 Å². The molecule has 0 aliphatic carbocycles. The van der Waals surface area contributed by atoms with Crippen LogP contribution in [0, 0.1) is 11.3 Å². The van der Waals surface area contributed by atoms with Crippen molar-refractivity contribution in [3.63, 3.8) is 0 Å². The van der Waals surface area contributed by atoms with Crippen LogP contribution in [0.2, 0.25) is 5.02 Å². The molecule has 0 heterocycles. The Hall–Kier alpha value is -0.560. The second-order valence-corrected chi connectivity index (χ2v) is 4.11. The summed E-state index contributed by atoms with van der Waals surface area (Å²) in [7, 11) is 0. The average Bonchev–Trinajstić information content (AvgIpc) is 2.09. The molecule has 0 spiro atoms. The Morgan fingerprint density at radius 2 is 2.00 bits per heavy atom. The van der Waals surface area contributed by atoms with Gasteiger partial charge in [-0.2, -0.15) is 5.26 Å². The van der Waals surface area contributed by atoms with Crippen molar-refractivity contribution in [2.24, 2.45) is 0 Å². The Kier molecular flexibility index (Phi) is 3.73. The van der Waals surface area contributed by atoms with E-state index in [2.05, 4.69) is 18.7 Å². The van der Waals surface area contributed by atoms with Crippen molar-refractivity contribution in [2.45, 2.75) is 5.92 Å².